The van der Waals surface area contributed by atoms with Gasteiger partial charge in [-0.05, 0) is 29.6 Å². The molecule has 0 saturated heterocycles. The Balaban J connectivity index is 2.11. The minimum Gasteiger partial charge on any atom is -0.497 e. The minimum atomic E-state index is 0.348. The molecule has 0 unspecified atom stereocenters. The molecule has 20 heavy (non-hydrogen) atoms. The molecular formula is C16H13NO2S. The average Bonchev–Trinajstić information content (AvgIpc) is 3.08. The molecule has 0 aliphatic carbocycles. The first-order valence-corrected chi connectivity index (χ1v) is 7.17. The second kappa shape index (κ2) is 5.40. The maximum atomic E-state index is 9.05. The molecule has 0 aliphatic rings. The molecule has 0 spiro atoms. The molecule has 0 radical (unpaired) electrons. The molecule has 4 heteroatoms. The van der Waals surface area contributed by atoms with Crippen LogP contribution in [0.15, 0.2) is 40.1 Å². The van der Waals surface area contributed by atoms with Gasteiger partial charge in [-0.2, -0.15) is 5.26 Å². The quantitative estimate of drug-likeness (QED) is 0.722. The van der Waals surface area contributed by atoms with E-state index in [0.717, 1.165) is 34.5 Å². The molecule has 0 bridgehead atoms. The third-order valence-electron chi connectivity index (χ3n) is 3.25. The summed E-state index contributed by atoms with van der Waals surface area (Å²) in [6.07, 6.45) is 1.08. The van der Waals surface area contributed by atoms with E-state index in [1.54, 1.807) is 18.4 Å². The van der Waals surface area contributed by atoms with Crippen LogP contribution in [0.1, 0.15) is 16.2 Å². The lowest BCUT2D eigenvalue weighted by molar-refractivity contribution is 0.415. The average molecular weight is 283 g/mol. The zero-order chi connectivity index (χ0) is 13.9. The number of hydrogen-bond donors (Lipinski definition) is 0. The van der Waals surface area contributed by atoms with E-state index in [1.165, 1.54) is 4.88 Å². The Morgan fingerprint density at radius 1 is 1.35 bits per heavy atom. The van der Waals surface area contributed by atoms with Crippen LogP contribution in [0.3, 0.4) is 0 Å². The fraction of sp³-hybridized carbons (Fsp3) is 0.188. The summed E-state index contributed by atoms with van der Waals surface area (Å²) < 4.78 is 11.2. The van der Waals surface area contributed by atoms with Gasteiger partial charge >= 0.3 is 0 Å². The maximum Gasteiger partial charge on any atom is 0.134 e. The minimum absolute atomic E-state index is 0.348. The fourth-order valence-electron chi connectivity index (χ4n) is 2.29. The third-order valence-corrected chi connectivity index (χ3v) is 4.13. The Morgan fingerprint density at radius 3 is 2.95 bits per heavy atom. The highest BCUT2D eigenvalue weighted by Crippen LogP contribution is 2.31. The van der Waals surface area contributed by atoms with E-state index >= 15 is 0 Å². The Morgan fingerprint density at radius 2 is 2.25 bits per heavy atom. The Labute approximate surface area is 121 Å². The summed E-state index contributed by atoms with van der Waals surface area (Å²) in [5, 5.41) is 12.1. The van der Waals surface area contributed by atoms with Crippen LogP contribution in [0.25, 0.3) is 11.0 Å². The Bertz CT molecular complexity index is 766. The number of furan rings is 1. The standard InChI is InChI=1S/C16H13NO2S/c1-18-11-4-5-15-14(9-11)13(6-7-17)16(19-15)10-12-3-2-8-20-12/h2-5,8-9H,6,10H2,1H3. The summed E-state index contributed by atoms with van der Waals surface area (Å²) in [5.74, 6) is 1.65. The number of rotatable bonds is 4. The van der Waals surface area contributed by atoms with E-state index in [1.807, 2.05) is 29.6 Å². The van der Waals surface area contributed by atoms with E-state index in [0.29, 0.717) is 6.42 Å². The molecule has 3 aromatic rings. The monoisotopic (exact) mass is 283 g/mol. The van der Waals surface area contributed by atoms with Gasteiger partial charge in [0.05, 0.1) is 19.6 Å². The van der Waals surface area contributed by atoms with Gasteiger partial charge in [-0.3, -0.25) is 0 Å². The summed E-state index contributed by atoms with van der Waals surface area (Å²) in [5.41, 5.74) is 1.78. The second-order valence-corrected chi connectivity index (χ2v) is 5.49. The van der Waals surface area contributed by atoms with E-state index in [2.05, 4.69) is 12.1 Å². The van der Waals surface area contributed by atoms with Crippen LogP contribution >= 0.6 is 11.3 Å². The summed E-state index contributed by atoms with van der Waals surface area (Å²) in [4.78, 5) is 1.23. The van der Waals surface area contributed by atoms with Crippen LogP contribution in [0.5, 0.6) is 5.75 Å². The van der Waals surface area contributed by atoms with Crippen molar-refractivity contribution in [2.24, 2.45) is 0 Å². The first-order valence-electron chi connectivity index (χ1n) is 6.29. The number of nitriles is 1. The van der Waals surface area contributed by atoms with Gasteiger partial charge in [0.2, 0.25) is 0 Å². The van der Waals surface area contributed by atoms with Crippen molar-refractivity contribution >= 4 is 22.3 Å². The van der Waals surface area contributed by atoms with Gasteiger partial charge in [0.25, 0.3) is 0 Å². The molecular weight excluding hydrogens is 270 g/mol. The molecule has 2 heterocycles. The van der Waals surface area contributed by atoms with Crippen LogP contribution < -0.4 is 4.74 Å². The van der Waals surface area contributed by atoms with Crippen molar-refractivity contribution < 1.29 is 9.15 Å². The highest BCUT2D eigenvalue weighted by molar-refractivity contribution is 7.09. The summed E-state index contributed by atoms with van der Waals surface area (Å²) >= 11 is 1.69. The smallest absolute Gasteiger partial charge is 0.134 e. The number of benzene rings is 1. The van der Waals surface area contributed by atoms with Gasteiger partial charge in [0, 0.05) is 22.2 Å². The number of fused-ring (bicyclic) bond motifs is 1. The van der Waals surface area contributed by atoms with Crippen LogP contribution in [0, 0.1) is 11.3 Å². The number of ether oxygens (including phenoxy) is 1. The highest BCUT2D eigenvalue weighted by Gasteiger charge is 2.15. The molecule has 0 fully saturated rings. The molecule has 0 saturated carbocycles. The number of thiophene rings is 1. The number of methoxy groups -OCH3 is 1. The van der Waals surface area contributed by atoms with Crippen molar-refractivity contribution in [1.82, 2.24) is 0 Å². The SMILES string of the molecule is COc1ccc2oc(Cc3cccs3)c(CC#N)c2c1. The van der Waals surface area contributed by atoms with E-state index in [-0.39, 0.29) is 0 Å². The molecule has 1 aromatic carbocycles. The van der Waals surface area contributed by atoms with Crippen molar-refractivity contribution in [2.75, 3.05) is 7.11 Å². The number of hydrogen-bond acceptors (Lipinski definition) is 4. The summed E-state index contributed by atoms with van der Waals surface area (Å²) in [7, 11) is 1.64. The number of nitrogens with zero attached hydrogens (tertiary/aromatic N) is 1. The van der Waals surface area contributed by atoms with Gasteiger partial charge < -0.3 is 9.15 Å². The predicted octanol–water partition coefficient (Wildman–Crippen LogP) is 4.16. The lowest BCUT2D eigenvalue weighted by Gasteiger charge is -1.99. The van der Waals surface area contributed by atoms with Crippen molar-refractivity contribution in [3.63, 3.8) is 0 Å². The van der Waals surface area contributed by atoms with Gasteiger partial charge in [-0.1, -0.05) is 6.07 Å². The van der Waals surface area contributed by atoms with Crippen molar-refractivity contribution in [2.45, 2.75) is 12.8 Å². The van der Waals surface area contributed by atoms with Crippen LogP contribution in [-0.2, 0) is 12.8 Å². The van der Waals surface area contributed by atoms with Crippen molar-refractivity contribution in [1.29, 1.82) is 5.26 Å². The van der Waals surface area contributed by atoms with Crippen LogP contribution in [0.4, 0.5) is 0 Å². The van der Waals surface area contributed by atoms with Gasteiger partial charge in [0.1, 0.15) is 17.1 Å². The largest absolute Gasteiger partial charge is 0.497 e. The van der Waals surface area contributed by atoms with Crippen LogP contribution in [0.2, 0.25) is 0 Å². The molecule has 0 atom stereocenters. The lowest BCUT2D eigenvalue weighted by atomic mass is 10.1. The van der Waals surface area contributed by atoms with Gasteiger partial charge in [0.15, 0.2) is 0 Å². The Kier molecular flexibility index (Phi) is 3.44. The summed E-state index contributed by atoms with van der Waals surface area (Å²) in [6, 6.07) is 12.0. The molecule has 0 aliphatic heterocycles. The molecule has 0 N–H and O–H groups in total. The second-order valence-electron chi connectivity index (χ2n) is 4.46. The first kappa shape index (κ1) is 12.8. The summed E-state index contributed by atoms with van der Waals surface area (Å²) in [6.45, 7) is 0. The van der Waals surface area contributed by atoms with Crippen molar-refractivity contribution in [3.8, 4) is 11.8 Å². The molecule has 3 rings (SSSR count). The zero-order valence-corrected chi connectivity index (χ0v) is 11.9. The first-order chi connectivity index (χ1) is 9.81. The molecule has 0 amide bonds. The van der Waals surface area contributed by atoms with E-state index in [4.69, 9.17) is 14.4 Å². The maximum absolute atomic E-state index is 9.05. The van der Waals surface area contributed by atoms with E-state index < -0.39 is 0 Å². The van der Waals surface area contributed by atoms with Crippen LogP contribution in [-0.4, -0.2) is 7.11 Å². The van der Waals surface area contributed by atoms with Crippen molar-refractivity contribution in [3.05, 3.63) is 51.9 Å². The third kappa shape index (κ3) is 2.28. The fourth-order valence-corrected chi connectivity index (χ4v) is 3.00. The predicted molar refractivity (Wildman–Crippen MR) is 79.2 cm³/mol. The van der Waals surface area contributed by atoms with Gasteiger partial charge in [-0.15, -0.1) is 11.3 Å². The van der Waals surface area contributed by atoms with Gasteiger partial charge in [-0.25, -0.2) is 0 Å². The lowest BCUT2D eigenvalue weighted by Crippen LogP contribution is -1.89. The molecule has 3 nitrogen and oxygen atoms in total. The van der Waals surface area contributed by atoms with E-state index in [9.17, 15) is 0 Å². The highest BCUT2D eigenvalue weighted by atomic mass is 32.1. The Hall–Kier alpha value is -2.25. The normalized spacial score (nSPS) is 10.6. The topological polar surface area (TPSA) is 46.2 Å². The molecule has 100 valence electrons. The zero-order valence-electron chi connectivity index (χ0n) is 11.1. The molecule has 2 aromatic heterocycles.